The third-order valence-electron chi connectivity index (χ3n) is 1.52. The highest BCUT2D eigenvalue weighted by Gasteiger charge is 2.05. The van der Waals surface area contributed by atoms with Gasteiger partial charge in [-0.3, -0.25) is 4.98 Å². The lowest BCUT2D eigenvalue weighted by Crippen LogP contribution is -2.32. The van der Waals surface area contributed by atoms with E-state index in [1.807, 2.05) is 0 Å². The fourth-order valence-electron chi connectivity index (χ4n) is 0.823. The maximum atomic E-state index is 5.64. The summed E-state index contributed by atoms with van der Waals surface area (Å²) in [6.07, 6.45) is 3.20. The molecule has 0 amide bonds. The van der Waals surface area contributed by atoms with Gasteiger partial charge >= 0.3 is 0 Å². The standard InChI is InChI=1S/C7H10N4S/c1-11(7(9)12)6-2-3-10-4-5(6)8/h2-4H,8H2,1H3,(H2,9,12). The van der Waals surface area contributed by atoms with E-state index in [9.17, 15) is 0 Å². The lowest BCUT2D eigenvalue weighted by Gasteiger charge is -2.17. The van der Waals surface area contributed by atoms with E-state index >= 15 is 0 Å². The summed E-state index contributed by atoms with van der Waals surface area (Å²) in [5.74, 6) is 0. The number of thiocarbonyl (C=S) groups is 1. The maximum Gasteiger partial charge on any atom is 0.170 e. The first kappa shape index (κ1) is 8.73. The van der Waals surface area contributed by atoms with Gasteiger partial charge in [-0.2, -0.15) is 0 Å². The first-order chi connectivity index (χ1) is 5.63. The first-order valence-corrected chi connectivity index (χ1v) is 3.76. The molecule has 0 aliphatic rings. The molecule has 0 aromatic carbocycles. The molecule has 0 spiro atoms. The Balaban J connectivity index is 3.02. The van der Waals surface area contributed by atoms with Crippen molar-refractivity contribution in [3.8, 4) is 0 Å². The molecule has 4 nitrogen and oxygen atoms in total. The van der Waals surface area contributed by atoms with Gasteiger partial charge in [-0.15, -0.1) is 0 Å². The van der Waals surface area contributed by atoms with Crippen LogP contribution in [0.5, 0.6) is 0 Å². The van der Waals surface area contributed by atoms with Crippen molar-refractivity contribution < 1.29 is 0 Å². The van der Waals surface area contributed by atoms with Crippen molar-refractivity contribution in [2.75, 3.05) is 17.7 Å². The van der Waals surface area contributed by atoms with Crippen LogP contribution in [0.15, 0.2) is 18.5 Å². The van der Waals surface area contributed by atoms with Crippen LogP contribution in [0.2, 0.25) is 0 Å². The van der Waals surface area contributed by atoms with E-state index < -0.39 is 0 Å². The molecular weight excluding hydrogens is 172 g/mol. The third-order valence-corrected chi connectivity index (χ3v) is 1.79. The minimum Gasteiger partial charge on any atom is -0.396 e. The zero-order valence-electron chi connectivity index (χ0n) is 6.69. The number of hydrogen-bond donors (Lipinski definition) is 2. The molecular formula is C7H10N4S. The van der Waals surface area contributed by atoms with Crippen molar-refractivity contribution in [2.24, 2.45) is 5.73 Å². The first-order valence-electron chi connectivity index (χ1n) is 3.35. The van der Waals surface area contributed by atoms with Gasteiger partial charge in [0.1, 0.15) is 0 Å². The summed E-state index contributed by atoms with van der Waals surface area (Å²) in [6.45, 7) is 0. The smallest absolute Gasteiger partial charge is 0.170 e. The number of nitrogens with zero attached hydrogens (tertiary/aromatic N) is 2. The Bertz CT molecular complexity index is 299. The van der Waals surface area contributed by atoms with Gasteiger partial charge in [-0.25, -0.2) is 0 Å². The van der Waals surface area contributed by atoms with Crippen molar-refractivity contribution in [1.29, 1.82) is 0 Å². The average Bonchev–Trinajstić information content (AvgIpc) is 2.04. The van der Waals surface area contributed by atoms with Crippen LogP contribution < -0.4 is 16.4 Å². The van der Waals surface area contributed by atoms with Crippen molar-refractivity contribution in [3.05, 3.63) is 18.5 Å². The van der Waals surface area contributed by atoms with Crippen molar-refractivity contribution in [2.45, 2.75) is 0 Å². The molecule has 1 aromatic heterocycles. The predicted octanol–water partition coefficient (Wildman–Crippen LogP) is 0.344. The topological polar surface area (TPSA) is 68.2 Å². The zero-order valence-corrected chi connectivity index (χ0v) is 7.51. The van der Waals surface area contributed by atoms with E-state index in [4.69, 9.17) is 23.7 Å². The van der Waals surface area contributed by atoms with Crippen LogP contribution in [0.25, 0.3) is 0 Å². The lowest BCUT2D eigenvalue weighted by atomic mass is 10.3. The van der Waals surface area contributed by atoms with E-state index in [0.717, 1.165) is 5.69 Å². The molecule has 0 atom stereocenters. The molecule has 1 aromatic rings. The quantitative estimate of drug-likeness (QED) is 0.613. The maximum absolute atomic E-state index is 5.64. The summed E-state index contributed by atoms with van der Waals surface area (Å²) in [7, 11) is 1.76. The fraction of sp³-hybridized carbons (Fsp3) is 0.143. The Morgan fingerprint density at radius 3 is 2.83 bits per heavy atom. The molecule has 1 rings (SSSR count). The van der Waals surface area contributed by atoms with Crippen molar-refractivity contribution >= 4 is 28.7 Å². The lowest BCUT2D eigenvalue weighted by molar-refractivity contribution is 1.23. The Kier molecular flexibility index (Phi) is 2.44. The van der Waals surface area contributed by atoms with Crippen LogP contribution in [0.3, 0.4) is 0 Å². The molecule has 0 fully saturated rings. The summed E-state index contributed by atoms with van der Waals surface area (Å²) in [5.41, 5.74) is 12.4. The minimum absolute atomic E-state index is 0.285. The molecule has 0 unspecified atom stereocenters. The third kappa shape index (κ3) is 1.62. The Morgan fingerprint density at radius 2 is 2.33 bits per heavy atom. The van der Waals surface area contributed by atoms with E-state index in [1.165, 1.54) is 0 Å². The number of rotatable bonds is 1. The second kappa shape index (κ2) is 3.36. The number of nitrogen functional groups attached to an aromatic ring is 1. The SMILES string of the molecule is CN(C(N)=S)c1ccncc1N. The van der Waals surface area contributed by atoms with Gasteiger partial charge in [0.15, 0.2) is 5.11 Å². The monoisotopic (exact) mass is 182 g/mol. The fourth-order valence-corrected chi connectivity index (χ4v) is 0.922. The number of hydrogen-bond acceptors (Lipinski definition) is 3. The summed E-state index contributed by atoms with van der Waals surface area (Å²) < 4.78 is 0. The highest BCUT2D eigenvalue weighted by Crippen LogP contribution is 2.18. The van der Waals surface area contributed by atoms with Crippen molar-refractivity contribution in [1.82, 2.24) is 4.98 Å². The Hall–Kier alpha value is -1.36. The van der Waals surface area contributed by atoms with Crippen LogP contribution in [0.1, 0.15) is 0 Å². The van der Waals surface area contributed by atoms with Crippen molar-refractivity contribution in [3.63, 3.8) is 0 Å². The predicted molar refractivity (Wildman–Crippen MR) is 53.8 cm³/mol. The van der Waals surface area contributed by atoms with Crippen LogP contribution in [0, 0.1) is 0 Å². The van der Waals surface area contributed by atoms with Crippen LogP contribution in [-0.2, 0) is 0 Å². The number of nitrogens with two attached hydrogens (primary N) is 2. The molecule has 0 bridgehead atoms. The average molecular weight is 182 g/mol. The van der Waals surface area contributed by atoms with Crippen LogP contribution in [-0.4, -0.2) is 17.1 Å². The molecule has 5 heteroatoms. The van der Waals surface area contributed by atoms with E-state index in [1.54, 1.807) is 30.4 Å². The second-order valence-corrected chi connectivity index (χ2v) is 2.75. The zero-order chi connectivity index (χ0) is 9.14. The Morgan fingerprint density at radius 1 is 1.67 bits per heavy atom. The summed E-state index contributed by atoms with van der Waals surface area (Å²) in [5, 5.41) is 0.285. The van der Waals surface area contributed by atoms with Crippen LogP contribution >= 0.6 is 12.2 Å². The molecule has 64 valence electrons. The molecule has 0 saturated heterocycles. The van der Waals surface area contributed by atoms with Gasteiger partial charge < -0.3 is 16.4 Å². The van der Waals surface area contributed by atoms with E-state index in [2.05, 4.69) is 4.98 Å². The molecule has 4 N–H and O–H groups in total. The van der Waals surface area contributed by atoms with Gasteiger partial charge in [0.05, 0.1) is 17.6 Å². The number of pyridine rings is 1. The van der Waals surface area contributed by atoms with E-state index in [-0.39, 0.29) is 5.11 Å². The van der Waals surface area contributed by atoms with Gasteiger partial charge in [0.2, 0.25) is 0 Å². The molecule has 0 aliphatic carbocycles. The molecule has 12 heavy (non-hydrogen) atoms. The summed E-state index contributed by atoms with van der Waals surface area (Å²) in [6, 6.07) is 1.76. The number of anilines is 2. The van der Waals surface area contributed by atoms with Gasteiger partial charge in [-0.1, -0.05) is 0 Å². The minimum atomic E-state index is 0.285. The van der Waals surface area contributed by atoms with Crippen LogP contribution in [0.4, 0.5) is 11.4 Å². The highest BCUT2D eigenvalue weighted by molar-refractivity contribution is 7.80. The molecule has 1 heterocycles. The molecule has 0 saturated carbocycles. The summed E-state index contributed by atoms with van der Waals surface area (Å²) >= 11 is 4.79. The van der Waals surface area contributed by atoms with Gasteiger partial charge in [0.25, 0.3) is 0 Å². The van der Waals surface area contributed by atoms with Gasteiger partial charge in [0, 0.05) is 13.2 Å². The van der Waals surface area contributed by atoms with Gasteiger partial charge in [-0.05, 0) is 18.3 Å². The van der Waals surface area contributed by atoms with E-state index in [0.29, 0.717) is 5.69 Å². The molecule has 0 aliphatic heterocycles. The normalized spacial score (nSPS) is 9.42. The Labute approximate surface area is 76.2 Å². The largest absolute Gasteiger partial charge is 0.396 e. The number of aromatic nitrogens is 1. The highest BCUT2D eigenvalue weighted by atomic mass is 32.1. The summed E-state index contributed by atoms with van der Waals surface area (Å²) in [4.78, 5) is 5.48. The molecule has 0 radical (unpaired) electrons. The second-order valence-electron chi connectivity index (χ2n) is 2.33.